The molecule has 0 aliphatic heterocycles. The Morgan fingerprint density at radius 1 is 1.35 bits per heavy atom. The Labute approximate surface area is 135 Å². The van der Waals surface area contributed by atoms with Gasteiger partial charge in [-0.15, -0.1) is 11.3 Å². The number of anilines is 2. The molecule has 0 unspecified atom stereocenters. The summed E-state index contributed by atoms with van der Waals surface area (Å²) in [6.07, 6.45) is 0. The smallest absolute Gasteiger partial charge is 0.260 e. The first-order valence-corrected chi connectivity index (χ1v) is 7.58. The molecule has 3 rings (SSSR count). The van der Waals surface area contributed by atoms with Crippen LogP contribution in [0.4, 0.5) is 16.0 Å². The topological polar surface area (TPSA) is 107 Å². The quantitative estimate of drug-likeness (QED) is 0.683. The Hall–Kier alpha value is -2.74. The van der Waals surface area contributed by atoms with Gasteiger partial charge in [-0.1, -0.05) is 0 Å². The van der Waals surface area contributed by atoms with E-state index in [9.17, 15) is 9.18 Å². The van der Waals surface area contributed by atoms with Gasteiger partial charge in [0.2, 0.25) is 5.95 Å². The maximum Gasteiger partial charge on any atom is 0.260 e. The van der Waals surface area contributed by atoms with Crippen molar-refractivity contribution >= 4 is 39.1 Å². The lowest BCUT2D eigenvalue weighted by Gasteiger charge is -2.08. The second kappa shape index (κ2) is 5.47. The van der Waals surface area contributed by atoms with Crippen molar-refractivity contribution in [2.24, 2.45) is 5.73 Å². The molecule has 3 aromatic rings. The van der Waals surface area contributed by atoms with Gasteiger partial charge in [0.05, 0.1) is 16.8 Å². The summed E-state index contributed by atoms with van der Waals surface area (Å²) >= 11 is 1.11. The van der Waals surface area contributed by atoms with Crippen LogP contribution in [0.3, 0.4) is 0 Å². The van der Waals surface area contributed by atoms with E-state index in [4.69, 9.17) is 11.5 Å². The van der Waals surface area contributed by atoms with Gasteiger partial charge in [0.25, 0.3) is 5.91 Å². The molecular formula is C15H14FN5OS. The van der Waals surface area contributed by atoms with Gasteiger partial charge in [0, 0.05) is 12.6 Å². The average molecular weight is 331 g/mol. The van der Waals surface area contributed by atoms with E-state index in [0.29, 0.717) is 33.0 Å². The van der Waals surface area contributed by atoms with E-state index < -0.39 is 5.91 Å². The van der Waals surface area contributed by atoms with Crippen LogP contribution in [0.25, 0.3) is 21.5 Å². The van der Waals surface area contributed by atoms with Gasteiger partial charge in [-0.2, -0.15) is 0 Å². The summed E-state index contributed by atoms with van der Waals surface area (Å²) in [6.45, 7) is 1.67. The molecule has 0 saturated carbocycles. The van der Waals surface area contributed by atoms with Crippen molar-refractivity contribution in [3.63, 3.8) is 0 Å². The SMILES string of the molecule is CNc1nc(-c2ccc(F)c(C)c2)c2c(N)c(C(N)=O)sc2n1. The number of hydrogen-bond donors (Lipinski definition) is 3. The number of aryl methyl sites for hydroxylation is 1. The first-order chi connectivity index (χ1) is 10.9. The molecule has 0 radical (unpaired) electrons. The molecule has 0 aliphatic carbocycles. The van der Waals surface area contributed by atoms with Crippen molar-refractivity contribution in [3.8, 4) is 11.3 Å². The van der Waals surface area contributed by atoms with Crippen LogP contribution >= 0.6 is 11.3 Å². The predicted molar refractivity (Wildman–Crippen MR) is 90.0 cm³/mol. The van der Waals surface area contributed by atoms with Crippen molar-refractivity contribution in [2.45, 2.75) is 6.92 Å². The van der Waals surface area contributed by atoms with Gasteiger partial charge in [-0.3, -0.25) is 4.79 Å². The highest BCUT2D eigenvalue weighted by Crippen LogP contribution is 2.39. The number of nitrogens with one attached hydrogen (secondary N) is 1. The number of halogens is 1. The predicted octanol–water partition coefficient (Wildman–Crippen LogP) is 2.53. The van der Waals surface area contributed by atoms with Crippen molar-refractivity contribution in [1.29, 1.82) is 0 Å². The Morgan fingerprint density at radius 3 is 2.70 bits per heavy atom. The fourth-order valence-corrected chi connectivity index (χ4v) is 3.26. The van der Waals surface area contributed by atoms with Gasteiger partial charge in [-0.25, -0.2) is 14.4 Å². The number of amides is 1. The summed E-state index contributed by atoms with van der Waals surface area (Å²) in [4.78, 5) is 21.1. The molecule has 6 nitrogen and oxygen atoms in total. The fourth-order valence-electron chi connectivity index (χ4n) is 2.32. The number of nitrogens with two attached hydrogens (primary N) is 2. The minimum Gasteiger partial charge on any atom is -0.397 e. The van der Waals surface area contributed by atoms with Gasteiger partial charge < -0.3 is 16.8 Å². The van der Waals surface area contributed by atoms with Crippen LogP contribution < -0.4 is 16.8 Å². The van der Waals surface area contributed by atoms with E-state index in [2.05, 4.69) is 15.3 Å². The van der Waals surface area contributed by atoms with Crippen molar-refractivity contribution in [3.05, 3.63) is 34.5 Å². The molecule has 5 N–H and O–H groups in total. The highest BCUT2D eigenvalue weighted by Gasteiger charge is 2.20. The van der Waals surface area contributed by atoms with E-state index in [1.165, 1.54) is 6.07 Å². The lowest BCUT2D eigenvalue weighted by Crippen LogP contribution is -2.10. The van der Waals surface area contributed by atoms with Gasteiger partial charge in [0.15, 0.2) is 0 Å². The van der Waals surface area contributed by atoms with E-state index in [1.54, 1.807) is 26.1 Å². The summed E-state index contributed by atoms with van der Waals surface area (Å²) < 4.78 is 13.5. The number of hydrogen-bond acceptors (Lipinski definition) is 6. The molecule has 1 aromatic carbocycles. The number of primary amides is 1. The molecular weight excluding hydrogens is 317 g/mol. The largest absolute Gasteiger partial charge is 0.397 e. The van der Waals surface area contributed by atoms with Crippen molar-refractivity contribution < 1.29 is 9.18 Å². The van der Waals surface area contributed by atoms with Gasteiger partial charge in [0.1, 0.15) is 15.5 Å². The number of nitrogens with zero attached hydrogens (tertiary/aromatic N) is 2. The Kier molecular flexibility index (Phi) is 3.61. The van der Waals surface area contributed by atoms with Crippen LogP contribution in [0.15, 0.2) is 18.2 Å². The molecule has 0 fully saturated rings. The molecule has 0 bridgehead atoms. The summed E-state index contributed by atoms with van der Waals surface area (Å²) in [7, 11) is 1.69. The van der Waals surface area contributed by atoms with E-state index in [0.717, 1.165) is 11.3 Å². The number of carbonyl (C=O) groups excluding carboxylic acids is 1. The third kappa shape index (κ3) is 2.46. The molecule has 0 saturated heterocycles. The fraction of sp³-hybridized carbons (Fsp3) is 0.133. The Morgan fingerprint density at radius 2 is 2.09 bits per heavy atom. The summed E-state index contributed by atoms with van der Waals surface area (Å²) in [6, 6.07) is 4.66. The number of nitrogen functional groups attached to an aromatic ring is 1. The zero-order valence-corrected chi connectivity index (χ0v) is 13.3. The number of thiophene rings is 1. The Bertz CT molecular complexity index is 937. The molecule has 2 heterocycles. The molecule has 0 atom stereocenters. The van der Waals surface area contributed by atoms with Crippen LogP contribution in [0.5, 0.6) is 0 Å². The maximum atomic E-state index is 13.5. The monoisotopic (exact) mass is 331 g/mol. The lowest BCUT2D eigenvalue weighted by molar-refractivity contribution is 0.100. The molecule has 118 valence electrons. The maximum absolute atomic E-state index is 13.5. The van der Waals surface area contributed by atoms with E-state index in [-0.39, 0.29) is 16.4 Å². The van der Waals surface area contributed by atoms with Gasteiger partial charge >= 0.3 is 0 Å². The zero-order chi connectivity index (χ0) is 16.7. The summed E-state index contributed by atoms with van der Waals surface area (Å²) in [5.41, 5.74) is 13.4. The second-order valence-electron chi connectivity index (χ2n) is 5.00. The minimum atomic E-state index is -0.613. The van der Waals surface area contributed by atoms with Crippen LogP contribution in [0, 0.1) is 12.7 Å². The molecule has 0 aliphatic rings. The second-order valence-corrected chi connectivity index (χ2v) is 6.00. The van der Waals surface area contributed by atoms with E-state index >= 15 is 0 Å². The van der Waals surface area contributed by atoms with Crippen LogP contribution in [0.1, 0.15) is 15.2 Å². The van der Waals surface area contributed by atoms with Gasteiger partial charge in [-0.05, 0) is 30.7 Å². The first kappa shape index (κ1) is 15.2. The third-order valence-corrected chi connectivity index (χ3v) is 4.58. The number of fused-ring (bicyclic) bond motifs is 1. The lowest BCUT2D eigenvalue weighted by atomic mass is 10.1. The van der Waals surface area contributed by atoms with Crippen molar-refractivity contribution in [2.75, 3.05) is 18.1 Å². The molecule has 1 amide bonds. The molecule has 0 spiro atoms. The highest BCUT2D eigenvalue weighted by molar-refractivity contribution is 7.21. The zero-order valence-electron chi connectivity index (χ0n) is 12.5. The number of carbonyl (C=O) groups is 1. The third-order valence-electron chi connectivity index (χ3n) is 3.47. The molecule has 23 heavy (non-hydrogen) atoms. The van der Waals surface area contributed by atoms with Crippen LogP contribution in [0.2, 0.25) is 0 Å². The normalized spacial score (nSPS) is 10.9. The minimum absolute atomic E-state index is 0.239. The number of benzene rings is 1. The number of rotatable bonds is 3. The molecule has 8 heteroatoms. The van der Waals surface area contributed by atoms with Crippen LogP contribution in [-0.4, -0.2) is 22.9 Å². The Balaban J connectivity index is 2.37. The first-order valence-electron chi connectivity index (χ1n) is 6.76. The standard InChI is InChI=1S/C15H14FN5OS/c1-6-5-7(3-4-8(6)16)11-9-10(17)12(13(18)22)23-14(9)21-15(19-2)20-11/h3-5H,17H2,1-2H3,(H2,18,22)(H,19,20,21). The highest BCUT2D eigenvalue weighted by atomic mass is 32.1. The number of aromatic nitrogens is 2. The van der Waals surface area contributed by atoms with Crippen molar-refractivity contribution in [1.82, 2.24) is 9.97 Å². The summed E-state index contributed by atoms with van der Waals surface area (Å²) in [5.74, 6) is -0.534. The summed E-state index contributed by atoms with van der Waals surface area (Å²) in [5, 5.41) is 3.42. The van der Waals surface area contributed by atoms with Crippen LogP contribution in [-0.2, 0) is 0 Å². The van der Waals surface area contributed by atoms with E-state index in [1.807, 2.05) is 0 Å². The molecule has 2 aromatic heterocycles. The average Bonchev–Trinajstić information content (AvgIpc) is 2.86.